The molecule has 31 heavy (non-hydrogen) atoms. The number of anilines is 1. The molecule has 2 aromatic carbocycles. The van der Waals surface area contributed by atoms with Crippen LogP contribution in [0, 0.1) is 5.82 Å². The van der Waals surface area contributed by atoms with E-state index in [0.29, 0.717) is 16.8 Å². The molecule has 0 unspecified atom stereocenters. The molecule has 0 aliphatic carbocycles. The highest BCUT2D eigenvalue weighted by molar-refractivity contribution is 6.30. The van der Waals surface area contributed by atoms with Gasteiger partial charge in [-0.1, -0.05) is 17.7 Å². The van der Waals surface area contributed by atoms with Gasteiger partial charge in [0.1, 0.15) is 11.4 Å². The highest BCUT2D eigenvalue weighted by Gasteiger charge is 2.19. The zero-order chi connectivity index (χ0) is 22.1. The number of benzene rings is 2. The largest absolute Gasteiger partial charge is 0.493 e. The van der Waals surface area contributed by atoms with Crippen molar-refractivity contribution in [2.24, 2.45) is 0 Å². The van der Waals surface area contributed by atoms with Crippen molar-refractivity contribution < 1.29 is 24.2 Å². The molecule has 10 heteroatoms. The van der Waals surface area contributed by atoms with Gasteiger partial charge in [-0.2, -0.15) is 9.61 Å². The Hall–Kier alpha value is -3.98. The lowest BCUT2D eigenvalue weighted by atomic mass is 10.1. The zero-order valence-corrected chi connectivity index (χ0v) is 16.5. The van der Waals surface area contributed by atoms with E-state index in [-0.39, 0.29) is 34.1 Å². The van der Waals surface area contributed by atoms with Gasteiger partial charge in [0.2, 0.25) is 5.88 Å². The van der Waals surface area contributed by atoms with Crippen LogP contribution in [-0.2, 0) is 6.42 Å². The number of rotatable bonds is 5. The standard InChI is InChI=1S/C21H14ClFN4O4/c22-14-4-1-12(17(23)8-14)7-13-9-24-18-16(10-25-27(18)20(13)29)19(28)26-15-5-2-11(3-6-15)21(30)31/h1-6,8-10,29H,7H2,(H,26,28)(H,30,31). The summed E-state index contributed by atoms with van der Waals surface area (Å²) >= 11 is 5.76. The molecule has 0 saturated carbocycles. The van der Waals surface area contributed by atoms with Gasteiger partial charge in [-0.25, -0.2) is 14.2 Å². The number of nitrogens with zero attached hydrogens (tertiary/aromatic N) is 3. The summed E-state index contributed by atoms with van der Waals surface area (Å²) in [6, 6.07) is 9.87. The average Bonchev–Trinajstić information content (AvgIpc) is 3.17. The molecule has 0 radical (unpaired) electrons. The van der Waals surface area contributed by atoms with Crippen molar-refractivity contribution in [3.8, 4) is 5.88 Å². The zero-order valence-electron chi connectivity index (χ0n) is 15.7. The molecule has 0 saturated heterocycles. The number of carbonyl (C=O) groups is 2. The summed E-state index contributed by atoms with van der Waals surface area (Å²) in [5.74, 6) is -2.40. The fourth-order valence-corrected chi connectivity index (χ4v) is 3.16. The van der Waals surface area contributed by atoms with E-state index in [4.69, 9.17) is 16.7 Å². The third-order valence-corrected chi connectivity index (χ3v) is 4.84. The lowest BCUT2D eigenvalue weighted by Gasteiger charge is -2.08. The molecule has 2 aromatic heterocycles. The summed E-state index contributed by atoms with van der Waals surface area (Å²) < 4.78 is 15.2. The summed E-state index contributed by atoms with van der Waals surface area (Å²) in [5.41, 5.74) is 1.31. The summed E-state index contributed by atoms with van der Waals surface area (Å²) in [6.45, 7) is 0. The number of fused-ring (bicyclic) bond motifs is 1. The smallest absolute Gasteiger partial charge is 0.335 e. The van der Waals surface area contributed by atoms with Crippen molar-refractivity contribution in [2.75, 3.05) is 5.32 Å². The first kappa shape index (κ1) is 20.3. The molecule has 3 N–H and O–H groups in total. The number of aromatic carboxylic acids is 1. The maximum absolute atomic E-state index is 14.1. The Morgan fingerprint density at radius 3 is 2.52 bits per heavy atom. The second kappa shape index (κ2) is 8.04. The number of carboxylic acid groups (broad SMARTS) is 1. The summed E-state index contributed by atoms with van der Waals surface area (Å²) in [4.78, 5) is 27.7. The third-order valence-electron chi connectivity index (χ3n) is 4.60. The predicted octanol–water partition coefficient (Wildman–Crippen LogP) is 3.77. The Balaban J connectivity index is 1.59. The number of amides is 1. The monoisotopic (exact) mass is 440 g/mol. The second-order valence-corrected chi connectivity index (χ2v) is 7.09. The van der Waals surface area contributed by atoms with Gasteiger partial charge < -0.3 is 15.5 Å². The highest BCUT2D eigenvalue weighted by atomic mass is 35.5. The number of carboxylic acids is 1. The Bertz CT molecular complexity index is 1320. The van der Waals surface area contributed by atoms with Crippen LogP contribution in [0.4, 0.5) is 10.1 Å². The van der Waals surface area contributed by atoms with E-state index in [1.165, 1.54) is 48.8 Å². The Kier molecular flexibility index (Phi) is 5.26. The van der Waals surface area contributed by atoms with Gasteiger partial charge in [-0.3, -0.25) is 4.79 Å². The number of halogens is 2. The third kappa shape index (κ3) is 4.03. The van der Waals surface area contributed by atoms with Crippen LogP contribution >= 0.6 is 11.6 Å². The summed E-state index contributed by atoms with van der Waals surface area (Å²) in [5, 5.41) is 26.4. The quantitative estimate of drug-likeness (QED) is 0.435. The van der Waals surface area contributed by atoms with Crippen molar-refractivity contribution in [3.63, 3.8) is 0 Å². The van der Waals surface area contributed by atoms with Gasteiger partial charge in [-0.05, 0) is 42.0 Å². The van der Waals surface area contributed by atoms with Crippen molar-refractivity contribution >= 4 is 34.8 Å². The van der Waals surface area contributed by atoms with E-state index >= 15 is 0 Å². The first-order valence-corrected chi connectivity index (χ1v) is 9.34. The molecule has 0 spiro atoms. The first-order chi connectivity index (χ1) is 14.8. The molecule has 0 aliphatic heterocycles. The summed E-state index contributed by atoms with van der Waals surface area (Å²) in [7, 11) is 0. The van der Waals surface area contributed by atoms with E-state index in [1.54, 1.807) is 6.07 Å². The predicted molar refractivity (Wildman–Crippen MR) is 110 cm³/mol. The maximum Gasteiger partial charge on any atom is 0.335 e. The van der Waals surface area contributed by atoms with E-state index in [1.807, 2.05) is 0 Å². The van der Waals surface area contributed by atoms with Crippen LogP contribution in [0.15, 0.2) is 54.9 Å². The van der Waals surface area contributed by atoms with Crippen LogP contribution in [-0.4, -0.2) is 36.7 Å². The van der Waals surface area contributed by atoms with Crippen molar-refractivity contribution in [1.82, 2.24) is 14.6 Å². The minimum absolute atomic E-state index is 0.0507. The van der Waals surface area contributed by atoms with Crippen LogP contribution in [0.5, 0.6) is 5.88 Å². The fraction of sp³-hybridized carbons (Fsp3) is 0.0476. The van der Waals surface area contributed by atoms with Gasteiger partial charge in [0, 0.05) is 28.9 Å². The molecular weight excluding hydrogens is 427 g/mol. The Morgan fingerprint density at radius 2 is 1.84 bits per heavy atom. The average molecular weight is 441 g/mol. The van der Waals surface area contributed by atoms with E-state index in [0.717, 1.165) is 4.52 Å². The van der Waals surface area contributed by atoms with Gasteiger partial charge in [0.15, 0.2) is 5.65 Å². The number of nitrogens with one attached hydrogen (secondary N) is 1. The summed E-state index contributed by atoms with van der Waals surface area (Å²) in [6.07, 6.45) is 2.64. The molecule has 0 bridgehead atoms. The lowest BCUT2D eigenvalue weighted by Crippen LogP contribution is -2.12. The number of carbonyl (C=O) groups excluding carboxylic acids is 1. The number of aromatic nitrogens is 3. The molecule has 4 aromatic rings. The van der Waals surface area contributed by atoms with Crippen molar-refractivity contribution in [1.29, 1.82) is 0 Å². The molecular formula is C21H14ClFN4O4. The minimum Gasteiger partial charge on any atom is -0.493 e. The second-order valence-electron chi connectivity index (χ2n) is 6.65. The van der Waals surface area contributed by atoms with E-state index in [9.17, 15) is 19.1 Å². The lowest BCUT2D eigenvalue weighted by molar-refractivity contribution is 0.0696. The van der Waals surface area contributed by atoms with Crippen molar-refractivity contribution in [2.45, 2.75) is 6.42 Å². The Morgan fingerprint density at radius 1 is 1.10 bits per heavy atom. The number of hydrogen-bond acceptors (Lipinski definition) is 5. The number of aromatic hydroxyl groups is 1. The maximum atomic E-state index is 14.1. The molecule has 156 valence electrons. The Labute approximate surface area is 179 Å². The van der Waals surface area contributed by atoms with Gasteiger partial charge in [0.05, 0.1) is 11.8 Å². The normalized spacial score (nSPS) is 10.9. The van der Waals surface area contributed by atoms with Crippen molar-refractivity contribution in [3.05, 3.63) is 88.0 Å². The van der Waals surface area contributed by atoms with Crippen LogP contribution in [0.25, 0.3) is 5.65 Å². The molecule has 0 fully saturated rings. The van der Waals surface area contributed by atoms with Crippen LogP contribution in [0.2, 0.25) is 5.02 Å². The van der Waals surface area contributed by atoms with E-state index in [2.05, 4.69) is 15.4 Å². The van der Waals surface area contributed by atoms with Gasteiger partial charge >= 0.3 is 5.97 Å². The fourth-order valence-electron chi connectivity index (χ4n) is 3.00. The molecule has 0 aliphatic rings. The molecule has 1 amide bonds. The molecule has 0 atom stereocenters. The molecule has 8 nitrogen and oxygen atoms in total. The SMILES string of the molecule is O=C(O)c1ccc(NC(=O)c2cnn3c(O)c(Cc4ccc(Cl)cc4F)cnc23)cc1. The van der Waals surface area contributed by atoms with Crippen LogP contribution in [0.3, 0.4) is 0 Å². The molecule has 2 heterocycles. The first-order valence-electron chi connectivity index (χ1n) is 8.96. The molecule has 4 rings (SSSR count). The van der Waals surface area contributed by atoms with E-state index < -0.39 is 17.7 Å². The highest BCUT2D eigenvalue weighted by Crippen LogP contribution is 2.25. The number of hydrogen-bond donors (Lipinski definition) is 3. The van der Waals surface area contributed by atoms with Gasteiger partial charge in [-0.15, -0.1) is 0 Å². The van der Waals surface area contributed by atoms with Crippen LogP contribution in [0.1, 0.15) is 31.8 Å². The topological polar surface area (TPSA) is 117 Å². The van der Waals surface area contributed by atoms with Gasteiger partial charge in [0.25, 0.3) is 5.91 Å². The minimum atomic E-state index is -1.07. The van der Waals surface area contributed by atoms with Crippen LogP contribution < -0.4 is 5.32 Å².